The fourth-order valence-corrected chi connectivity index (χ4v) is 3.32. The van der Waals surface area contributed by atoms with Crippen LogP contribution in [0.1, 0.15) is 39.7 Å². The smallest absolute Gasteiger partial charge is 0.411 e. The van der Waals surface area contributed by atoms with E-state index in [-0.39, 0.29) is 19.5 Å². The molecule has 1 aliphatic rings. The van der Waals surface area contributed by atoms with Crippen LogP contribution in [0.3, 0.4) is 0 Å². The summed E-state index contributed by atoms with van der Waals surface area (Å²) in [4.78, 5) is 26.0. The van der Waals surface area contributed by atoms with Gasteiger partial charge in [0.1, 0.15) is 23.1 Å². The molecule has 5 nitrogen and oxygen atoms in total. The third kappa shape index (κ3) is 5.65. The molecule has 0 saturated carbocycles. The second kappa shape index (κ2) is 7.50. The highest BCUT2D eigenvalue weighted by Crippen LogP contribution is 2.31. The van der Waals surface area contributed by atoms with Crippen molar-refractivity contribution in [1.29, 1.82) is 0 Å². The third-order valence-corrected chi connectivity index (χ3v) is 4.27. The summed E-state index contributed by atoms with van der Waals surface area (Å²) < 4.78 is 33.7. The Balaban J connectivity index is 2.07. The van der Waals surface area contributed by atoms with Gasteiger partial charge in [-0.1, -0.05) is 15.9 Å². The predicted molar refractivity (Wildman–Crippen MR) is 96.8 cm³/mol. The Bertz CT molecular complexity index is 684. The standard InChI is InChI=1S/C18H23BrF2N2O3/c1-17(2,3)26-16(25)23-10-18(4,21)8-14(23)15(24)22-9-11-5-12(19)7-13(20)6-11/h5-7,14H,8-10H2,1-4H3,(H,22,24)/t14-,18+/m0/s1. The predicted octanol–water partition coefficient (Wildman–Crippen LogP) is 3.94. The fourth-order valence-electron chi connectivity index (χ4n) is 2.81. The topological polar surface area (TPSA) is 58.6 Å². The lowest BCUT2D eigenvalue weighted by molar-refractivity contribution is -0.125. The highest BCUT2D eigenvalue weighted by molar-refractivity contribution is 9.10. The van der Waals surface area contributed by atoms with E-state index in [9.17, 15) is 18.4 Å². The molecular weight excluding hydrogens is 410 g/mol. The molecule has 0 unspecified atom stereocenters. The van der Waals surface area contributed by atoms with Crippen LogP contribution in [0.2, 0.25) is 0 Å². The van der Waals surface area contributed by atoms with Gasteiger partial charge >= 0.3 is 6.09 Å². The zero-order valence-corrected chi connectivity index (χ0v) is 16.8. The maximum Gasteiger partial charge on any atom is 0.411 e. The number of carbonyl (C=O) groups excluding carboxylic acids is 2. The molecule has 0 spiro atoms. The summed E-state index contributed by atoms with van der Waals surface area (Å²) in [6, 6.07) is 3.30. The number of rotatable bonds is 3. The van der Waals surface area contributed by atoms with E-state index in [0.29, 0.717) is 10.0 Å². The van der Waals surface area contributed by atoms with E-state index in [1.165, 1.54) is 19.1 Å². The van der Waals surface area contributed by atoms with Gasteiger partial charge < -0.3 is 10.1 Å². The molecule has 26 heavy (non-hydrogen) atoms. The van der Waals surface area contributed by atoms with E-state index in [0.717, 1.165) is 4.90 Å². The average Bonchev–Trinajstić information content (AvgIpc) is 2.78. The minimum atomic E-state index is -1.68. The lowest BCUT2D eigenvalue weighted by Crippen LogP contribution is -2.47. The number of carbonyl (C=O) groups is 2. The molecule has 0 aliphatic carbocycles. The molecule has 0 radical (unpaired) electrons. The van der Waals surface area contributed by atoms with Crippen molar-refractivity contribution >= 4 is 27.9 Å². The molecule has 1 heterocycles. The Labute approximate surface area is 160 Å². The number of nitrogens with one attached hydrogen (secondary N) is 1. The summed E-state index contributed by atoms with van der Waals surface area (Å²) in [5.41, 5.74) is -1.88. The van der Waals surface area contributed by atoms with Crippen molar-refractivity contribution < 1.29 is 23.1 Å². The molecule has 2 rings (SSSR count). The summed E-state index contributed by atoms with van der Waals surface area (Å²) >= 11 is 3.19. The Morgan fingerprint density at radius 2 is 2.04 bits per heavy atom. The third-order valence-electron chi connectivity index (χ3n) is 3.81. The van der Waals surface area contributed by atoms with Crippen molar-refractivity contribution in [3.8, 4) is 0 Å². The van der Waals surface area contributed by atoms with E-state index in [2.05, 4.69) is 21.2 Å². The number of amides is 2. The first-order valence-electron chi connectivity index (χ1n) is 8.27. The molecule has 1 saturated heterocycles. The maximum atomic E-state index is 14.4. The number of hydrogen-bond acceptors (Lipinski definition) is 3. The van der Waals surface area contributed by atoms with Gasteiger partial charge in [0.05, 0.1) is 6.54 Å². The lowest BCUT2D eigenvalue weighted by atomic mass is 10.0. The minimum absolute atomic E-state index is 0.0663. The molecule has 1 fully saturated rings. The normalized spacial score (nSPS) is 23.0. The van der Waals surface area contributed by atoms with Crippen molar-refractivity contribution in [2.75, 3.05) is 6.54 Å². The number of hydrogen-bond donors (Lipinski definition) is 1. The van der Waals surface area contributed by atoms with Crippen LogP contribution in [0, 0.1) is 5.82 Å². The van der Waals surface area contributed by atoms with Crippen molar-refractivity contribution in [2.24, 2.45) is 0 Å². The van der Waals surface area contributed by atoms with Crippen molar-refractivity contribution in [1.82, 2.24) is 10.2 Å². The molecule has 1 aromatic rings. The number of likely N-dealkylation sites (tertiary alicyclic amines) is 1. The first kappa shape index (κ1) is 20.6. The Kier molecular flexibility index (Phi) is 5.95. The number of alkyl halides is 1. The highest BCUT2D eigenvalue weighted by atomic mass is 79.9. The Morgan fingerprint density at radius 1 is 1.38 bits per heavy atom. The number of benzene rings is 1. The largest absolute Gasteiger partial charge is 0.444 e. The molecule has 0 bridgehead atoms. The molecule has 8 heteroatoms. The van der Waals surface area contributed by atoms with Gasteiger partial charge in [-0.2, -0.15) is 0 Å². The van der Waals surface area contributed by atoms with Crippen LogP contribution in [0.15, 0.2) is 22.7 Å². The van der Waals surface area contributed by atoms with E-state index in [1.807, 2.05) is 0 Å². The van der Waals surface area contributed by atoms with Crippen LogP contribution in [0.25, 0.3) is 0 Å². The van der Waals surface area contributed by atoms with Crippen molar-refractivity contribution in [3.63, 3.8) is 0 Å². The number of halogens is 3. The van der Waals surface area contributed by atoms with Crippen LogP contribution in [-0.2, 0) is 16.1 Å². The van der Waals surface area contributed by atoms with Gasteiger partial charge in [-0.3, -0.25) is 9.69 Å². The lowest BCUT2D eigenvalue weighted by Gasteiger charge is -2.28. The SMILES string of the molecule is CC(C)(C)OC(=O)N1C[C@](C)(F)C[C@H]1C(=O)NCc1cc(F)cc(Br)c1. The van der Waals surface area contributed by atoms with Gasteiger partial charge in [-0.15, -0.1) is 0 Å². The zero-order valence-electron chi connectivity index (χ0n) is 15.2. The summed E-state index contributed by atoms with van der Waals surface area (Å²) in [5, 5.41) is 2.64. The molecular formula is C18H23BrF2N2O3. The second-order valence-corrected chi connectivity index (χ2v) is 8.65. The summed E-state index contributed by atoms with van der Waals surface area (Å²) in [6.45, 7) is 6.30. The second-order valence-electron chi connectivity index (χ2n) is 7.74. The summed E-state index contributed by atoms with van der Waals surface area (Å²) in [5.74, 6) is -0.936. The minimum Gasteiger partial charge on any atom is -0.444 e. The number of ether oxygens (including phenoxy) is 1. The van der Waals surface area contributed by atoms with Gasteiger partial charge in [0, 0.05) is 17.4 Å². The summed E-state index contributed by atoms with van der Waals surface area (Å²) in [7, 11) is 0. The molecule has 0 aromatic heterocycles. The van der Waals surface area contributed by atoms with Crippen molar-refractivity contribution in [2.45, 2.75) is 58.0 Å². The van der Waals surface area contributed by atoms with Crippen LogP contribution in [-0.4, -0.2) is 40.8 Å². The molecule has 1 N–H and O–H groups in total. The first-order valence-corrected chi connectivity index (χ1v) is 9.07. The van der Waals surface area contributed by atoms with Crippen LogP contribution < -0.4 is 5.32 Å². The monoisotopic (exact) mass is 432 g/mol. The van der Waals surface area contributed by atoms with E-state index >= 15 is 0 Å². The van der Waals surface area contributed by atoms with Gasteiger partial charge in [-0.05, 0) is 51.5 Å². The van der Waals surface area contributed by atoms with Crippen LogP contribution in [0.5, 0.6) is 0 Å². The molecule has 2 atom stereocenters. The van der Waals surface area contributed by atoms with Crippen molar-refractivity contribution in [3.05, 3.63) is 34.1 Å². The van der Waals surface area contributed by atoms with Crippen LogP contribution >= 0.6 is 15.9 Å². The van der Waals surface area contributed by atoms with Gasteiger partial charge in [0.25, 0.3) is 0 Å². The zero-order chi connectivity index (χ0) is 19.7. The van der Waals surface area contributed by atoms with Gasteiger partial charge in [0.2, 0.25) is 5.91 Å². The first-order chi connectivity index (χ1) is 11.9. The number of nitrogens with zero attached hydrogens (tertiary/aromatic N) is 1. The van der Waals surface area contributed by atoms with Crippen LogP contribution in [0.4, 0.5) is 13.6 Å². The van der Waals surface area contributed by atoms with Gasteiger partial charge in [0.15, 0.2) is 0 Å². The fraction of sp³-hybridized carbons (Fsp3) is 0.556. The molecule has 2 amide bonds. The molecule has 1 aliphatic heterocycles. The Morgan fingerprint density at radius 3 is 2.62 bits per heavy atom. The van der Waals surface area contributed by atoms with E-state index in [1.54, 1.807) is 26.8 Å². The summed E-state index contributed by atoms with van der Waals surface area (Å²) in [6.07, 6.45) is -0.849. The quantitative estimate of drug-likeness (QED) is 0.786. The Hall–Kier alpha value is -1.70. The highest BCUT2D eigenvalue weighted by Gasteiger charge is 2.47. The molecule has 144 valence electrons. The van der Waals surface area contributed by atoms with E-state index in [4.69, 9.17) is 4.74 Å². The maximum absolute atomic E-state index is 14.4. The molecule has 1 aromatic carbocycles. The van der Waals surface area contributed by atoms with Gasteiger partial charge in [-0.25, -0.2) is 13.6 Å². The van der Waals surface area contributed by atoms with E-state index < -0.39 is 35.1 Å². The average molecular weight is 433 g/mol.